The molecular formula is C24H27N3O6. The van der Waals surface area contributed by atoms with E-state index in [-0.39, 0.29) is 25.0 Å². The fraction of sp³-hybridized carbons (Fsp3) is 0.292. The number of amides is 2. The third-order valence-corrected chi connectivity index (χ3v) is 5.41. The molecule has 174 valence electrons. The van der Waals surface area contributed by atoms with E-state index in [0.717, 1.165) is 16.5 Å². The number of nitrogens with one attached hydrogen (secondary N) is 3. The molecule has 33 heavy (non-hydrogen) atoms. The zero-order valence-electron chi connectivity index (χ0n) is 18.1. The molecule has 2 amide bonds. The molecule has 9 nitrogen and oxygen atoms in total. The van der Waals surface area contributed by atoms with Gasteiger partial charge in [-0.3, -0.25) is 9.59 Å². The van der Waals surface area contributed by atoms with Gasteiger partial charge in [0.1, 0.15) is 23.9 Å². The molecule has 0 spiro atoms. The minimum absolute atomic E-state index is 0.0442. The van der Waals surface area contributed by atoms with Crippen LogP contribution in [-0.2, 0) is 27.2 Å². The lowest BCUT2D eigenvalue weighted by atomic mass is 10.0. The summed E-state index contributed by atoms with van der Waals surface area (Å²) in [6.45, 7) is 1.63. The second-order valence-electron chi connectivity index (χ2n) is 7.82. The standard InChI is InChI=1S/C24H27N3O6/c1-2-21(29)23(31)26-19(11-14-7-9-16(28)10-8-14)22(30)27-20(24(32)33)12-15-13-25-18-6-4-3-5-17(15)18/h3-10,13,19-21,25,28-29H,2,11-12H2,1H3,(H,26,31)(H,27,30)(H,32,33)/t19-,20-,21?/m0/s1. The molecule has 0 saturated carbocycles. The molecular weight excluding hydrogens is 426 g/mol. The van der Waals surface area contributed by atoms with Gasteiger partial charge in [-0.1, -0.05) is 37.3 Å². The molecule has 1 heterocycles. The van der Waals surface area contributed by atoms with E-state index in [0.29, 0.717) is 5.56 Å². The van der Waals surface area contributed by atoms with Crippen molar-refractivity contribution in [1.82, 2.24) is 15.6 Å². The summed E-state index contributed by atoms with van der Waals surface area (Å²) < 4.78 is 0. The van der Waals surface area contributed by atoms with E-state index in [1.807, 2.05) is 24.3 Å². The molecule has 0 saturated heterocycles. The van der Waals surface area contributed by atoms with Crippen LogP contribution in [0, 0.1) is 0 Å². The smallest absolute Gasteiger partial charge is 0.326 e. The number of carboxylic acid groups (broad SMARTS) is 1. The number of phenolic OH excluding ortho intramolecular Hbond substituents is 1. The van der Waals surface area contributed by atoms with Gasteiger partial charge in [-0.15, -0.1) is 0 Å². The summed E-state index contributed by atoms with van der Waals surface area (Å²) in [4.78, 5) is 40.3. The summed E-state index contributed by atoms with van der Waals surface area (Å²) in [5, 5.41) is 34.9. The van der Waals surface area contributed by atoms with Gasteiger partial charge in [-0.2, -0.15) is 0 Å². The Morgan fingerprint density at radius 3 is 2.27 bits per heavy atom. The lowest BCUT2D eigenvalue weighted by Crippen LogP contribution is -2.54. The fourth-order valence-electron chi connectivity index (χ4n) is 3.52. The molecule has 0 aliphatic carbocycles. The van der Waals surface area contributed by atoms with Crippen molar-refractivity contribution in [2.24, 2.45) is 0 Å². The number of rotatable bonds is 10. The van der Waals surface area contributed by atoms with Crippen molar-refractivity contribution in [2.45, 2.75) is 44.4 Å². The molecule has 3 aromatic rings. The Morgan fingerprint density at radius 2 is 1.61 bits per heavy atom. The van der Waals surface area contributed by atoms with Crippen LogP contribution in [0.2, 0.25) is 0 Å². The Kier molecular flexibility index (Phi) is 7.68. The van der Waals surface area contributed by atoms with Gasteiger partial charge in [-0.05, 0) is 35.7 Å². The van der Waals surface area contributed by atoms with E-state index in [1.54, 1.807) is 25.3 Å². The number of carboxylic acids is 1. The summed E-state index contributed by atoms with van der Waals surface area (Å²) in [6.07, 6.45) is 0.676. The molecule has 3 rings (SSSR count). The number of benzene rings is 2. The summed E-state index contributed by atoms with van der Waals surface area (Å²) in [5.74, 6) is -2.57. The van der Waals surface area contributed by atoms with Crippen LogP contribution >= 0.6 is 0 Å². The predicted molar refractivity (Wildman–Crippen MR) is 122 cm³/mol. The molecule has 0 aliphatic heterocycles. The topological polar surface area (TPSA) is 152 Å². The third-order valence-electron chi connectivity index (χ3n) is 5.41. The Morgan fingerprint density at radius 1 is 0.939 bits per heavy atom. The van der Waals surface area contributed by atoms with E-state index in [2.05, 4.69) is 15.6 Å². The maximum atomic E-state index is 13.0. The van der Waals surface area contributed by atoms with Crippen molar-refractivity contribution < 1.29 is 29.7 Å². The van der Waals surface area contributed by atoms with E-state index in [1.165, 1.54) is 12.1 Å². The second-order valence-corrected chi connectivity index (χ2v) is 7.82. The van der Waals surface area contributed by atoms with Gasteiger partial charge in [0.05, 0.1) is 0 Å². The maximum absolute atomic E-state index is 13.0. The Balaban J connectivity index is 1.79. The number of H-pyrrole nitrogens is 1. The fourth-order valence-corrected chi connectivity index (χ4v) is 3.52. The first-order valence-electron chi connectivity index (χ1n) is 10.6. The first-order valence-corrected chi connectivity index (χ1v) is 10.6. The van der Waals surface area contributed by atoms with Gasteiger partial charge in [0.2, 0.25) is 11.8 Å². The first-order chi connectivity index (χ1) is 15.8. The molecule has 0 aliphatic rings. The number of carbonyl (C=O) groups excluding carboxylic acids is 2. The lowest BCUT2D eigenvalue weighted by molar-refractivity contribution is -0.142. The quantitative estimate of drug-likeness (QED) is 0.274. The van der Waals surface area contributed by atoms with Crippen LogP contribution in [0.15, 0.2) is 54.7 Å². The van der Waals surface area contributed by atoms with E-state index < -0.39 is 36.0 Å². The van der Waals surface area contributed by atoms with Gasteiger partial charge in [0.25, 0.3) is 0 Å². The number of aromatic nitrogens is 1. The second kappa shape index (κ2) is 10.6. The summed E-state index contributed by atoms with van der Waals surface area (Å²) in [5.41, 5.74) is 2.23. The zero-order valence-corrected chi connectivity index (χ0v) is 18.1. The van der Waals surface area contributed by atoms with Crippen molar-refractivity contribution in [3.63, 3.8) is 0 Å². The van der Waals surface area contributed by atoms with Crippen molar-refractivity contribution in [3.05, 3.63) is 65.9 Å². The number of para-hydroxylation sites is 1. The minimum Gasteiger partial charge on any atom is -0.508 e. The van der Waals surface area contributed by atoms with Crippen molar-refractivity contribution in [3.8, 4) is 5.75 Å². The minimum atomic E-state index is -1.29. The number of hydrogen-bond acceptors (Lipinski definition) is 5. The number of phenols is 1. The Labute approximate surface area is 190 Å². The average molecular weight is 453 g/mol. The highest BCUT2D eigenvalue weighted by Crippen LogP contribution is 2.19. The molecule has 6 N–H and O–H groups in total. The number of aliphatic hydroxyl groups is 1. The van der Waals surface area contributed by atoms with Crippen LogP contribution in [-0.4, -0.2) is 56.3 Å². The SMILES string of the molecule is CCC(O)C(=O)N[C@@H](Cc1ccc(O)cc1)C(=O)N[C@@H](Cc1c[nH]c2ccccc12)C(=O)O. The van der Waals surface area contributed by atoms with Gasteiger partial charge >= 0.3 is 5.97 Å². The average Bonchev–Trinajstić information content (AvgIpc) is 3.21. The highest BCUT2D eigenvalue weighted by molar-refractivity contribution is 5.92. The van der Waals surface area contributed by atoms with E-state index in [4.69, 9.17) is 0 Å². The largest absolute Gasteiger partial charge is 0.508 e. The highest BCUT2D eigenvalue weighted by Gasteiger charge is 2.29. The molecule has 1 unspecified atom stereocenters. The van der Waals surface area contributed by atoms with Crippen LogP contribution in [0.1, 0.15) is 24.5 Å². The van der Waals surface area contributed by atoms with Crippen LogP contribution in [0.5, 0.6) is 5.75 Å². The van der Waals surface area contributed by atoms with Crippen LogP contribution in [0.25, 0.3) is 10.9 Å². The van der Waals surface area contributed by atoms with Crippen LogP contribution in [0.3, 0.4) is 0 Å². The third kappa shape index (κ3) is 6.11. The van der Waals surface area contributed by atoms with Gasteiger partial charge < -0.3 is 30.9 Å². The van der Waals surface area contributed by atoms with Gasteiger partial charge in [0, 0.05) is 29.9 Å². The summed E-state index contributed by atoms with van der Waals surface area (Å²) in [7, 11) is 0. The van der Waals surface area contributed by atoms with Crippen LogP contribution < -0.4 is 10.6 Å². The Bertz CT molecular complexity index is 1120. The number of fused-ring (bicyclic) bond motifs is 1. The Hall–Kier alpha value is -3.85. The van der Waals surface area contributed by atoms with E-state index >= 15 is 0 Å². The number of aromatic amines is 1. The van der Waals surface area contributed by atoms with Gasteiger partial charge in [0.15, 0.2) is 0 Å². The number of aliphatic carboxylic acids is 1. The summed E-state index contributed by atoms with van der Waals surface area (Å²) >= 11 is 0. The predicted octanol–water partition coefficient (Wildman–Crippen LogP) is 1.48. The molecule has 3 atom stereocenters. The van der Waals surface area contributed by atoms with Crippen molar-refractivity contribution >= 4 is 28.7 Å². The molecule has 0 radical (unpaired) electrons. The molecule has 0 fully saturated rings. The van der Waals surface area contributed by atoms with Crippen molar-refractivity contribution in [1.29, 1.82) is 0 Å². The highest BCUT2D eigenvalue weighted by atomic mass is 16.4. The molecule has 9 heteroatoms. The van der Waals surface area contributed by atoms with Gasteiger partial charge in [-0.25, -0.2) is 4.79 Å². The molecule has 2 aromatic carbocycles. The number of aliphatic hydroxyl groups excluding tert-OH is 1. The number of hydrogen-bond donors (Lipinski definition) is 6. The van der Waals surface area contributed by atoms with Crippen molar-refractivity contribution in [2.75, 3.05) is 0 Å². The monoisotopic (exact) mass is 453 g/mol. The normalized spacial score (nSPS) is 13.8. The zero-order chi connectivity index (χ0) is 24.0. The number of carbonyl (C=O) groups is 3. The molecule has 1 aromatic heterocycles. The lowest BCUT2D eigenvalue weighted by Gasteiger charge is -2.22. The molecule has 0 bridgehead atoms. The number of aromatic hydroxyl groups is 1. The first kappa shape index (κ1) is 23.8. The van der Waals surface area contributed by atoms with Crippen LogP contribution in [0.4, 0.5) is 0 Å². The van der Waals surface area contributed by atoms with E-state index in [9.17, 15) is 29.7 Å². The summed E-state index contributed by atoms with van der Waals surface area (Å²) in [6, 6.07) is 11.2. The maximum Gasteiger partial charge on any atom is 0.326 e.